The molecule has 4 fully saturated rings. The number of amides is 3. The lowest BCUT2D eigenvalue weighted by molar-refractivity contribution is -0.148. The number of carbonyl (C=O) groups is 3. The predicted molar refractivity (Wildman–Crippen MR) is 97.2 cm³/mol. The van der Waals surface area contributed by atoms with Gasteiger partial charge in [-0.05, 0) is 38.5 Å². The van der Waals surface area contributed by atoms with Gasteiger partial charge in [-0.3, -0.25) is 14.4 Å². The molecule has 2 saturated carbocycles. The second kappa shape index (κ2) is 7.57. The third-order valence-corrected chi connectivity index (χ3v) is 6.60. The van der Waals surface area contributed by atoms with Crippen molar-refractivity contribution in [2.24, 2.45) is 11.8 Å². The van der Waals surface area contributed by atoms with E-state index >= 15 is 0 Å². The minimum Gasteiger partial charge on any atom is -0.339 e. The van der Waals surface area contributed by atoms with Crippen LogP contribution in [0.15, 0.2) is 0 Å². The second-order valence-corrected chi connectivity index (χ2v) is 8.45. The molecule has 3 amide bonds. The van der Waals surface area contributed by atoms with E-state index in [0.717, 1.165) is 45.1 Å². The monoisotopic (exact) mass is 361 g/mol. The number of nitrogens with zero attached hydrogens (tertiary/aromatic N) is 3. The van der Waals surface area contributed by atoms with Crippen LogP contribution in [0, 0.1) is 11.8 Å². The van der Waals surface area contributed by atoms with Gasteiger partial charge < -0.3 is 14.7 Å². The van der Waals surface area contributed by atoms with E-state index in [1.54, 1.807) is 0 Å². The number of carbonyl (C=O) groups excluding carboxylic acids is 3. The first-order valence-corrected chi connectivity index (χ1v) is 10.5. The van der Waals surface area contributed by atoms with Gasteiger partial charge in [0.2, 0.25) is 17.7 Å². The van der Waals surface area contributed by atoms with E-state index in [1.165, 1.54) is 19.3 Å². The summed E-state index contributed by atoms with van der Waals surface area (Å²) in [6.45, 7) is 3.24. The molecule has 0 spiro atoms. The lowest BCUT2D eigenvalue weighted by atomic mass is 9.88. The van der Waals surface area contributed by atoms with Crippen LogP contribution in [0.1, 0.15) is 57.8 Å². The summed E-state index contributed by atoms with van der Waals surface area (Å²) in [6, 6.07) is -0.260. The Morgan fingerprint density at radius 2 is 1.12 bits per heavy atom. The van der Waals surface area contributed by atoms with Crippen LogP contribution in [0.5, 0.6) is 0 Å². The quantitative estimate of drug-likeness (QED) is 0.768. The molecule has 0 aromatic rings. The summed E-state index contributed by atoms with van der Waals surface area (Å²) in [6.07, 6.45) is 9.33. The number of hydrogen-bond acceptors (Lipinski definition) is 3. The Hall–Kier alpha value is -1.59. The summed E-state index contributed by atoms with van der Waals surface area (Å²) in [5.41, 5.74) is 0. The maximum absolute atomic E-state index is 13.0. The highest BCUT2D eigenvalue weighted by atomic mass is 16.2. The first-order chi connectivity index (χ1) is 12.6. The molecule has 2 heterocycles. The van der Waals surface area contributed by atoms with E-state index in [0.29, 0.717) is 32.1 Å². The standard InChI is InChI=1S/C20H31N3O3/c24-18(15-5-2-1-3-6-15)21-11-13-22(14-12-21)20(26)17-7-4-10-23(17)19(25)16-8-9-16/h15-17H,1-14H2. The molecule has 2 aliphatic heterocycles. The third kappa shape index (κ3) is 3.60. The van der Waals surface area contributed by atoms with Crippen molar-refractivity contribution in [1.29, 1.82) is 0 Å². The number of piperazine rings is 1. The molecule has 26 heavy (non-hydrogen) atoms. The van der Waals surface area contributed by atoms with Crippen molar-refractivity contribution in [2.75, 3.05) is 32.7 Å². The molecule has 0 radical (unpaired) electrons. The Balaban J connectivity index is 1.30. The molecule has 0 aromatic carbocycles. The molecule has 6 heteroatoms. The molecule has 2 aliphatic carbocycles. The third-order valence-electron chi connectivity index (χ3n) is 6.60. The molecule has 1 unspecified atom stereocenters. The Bertz CT molecular complexity index is 561. The van der Waals surface area contributed by atoms with Crippen molar-refractivity contribution >= 4 is 17.7 Å². The van der Waals surface area contributed by atoms with Crippen LogP contribution in [0.25, 0.3) is 0 Å². The van der Waals surface area contributed by atoms with Gasteiger partial charge in [-0.2, -0.15) is 0 Å². The highest BCUT2D eigenvalue weighted by Gasteiger charge is 2.42. The Morgan fingerprint density at radius 3 is 1.73 bits per heavy atom. The molecule has 6 nitrogen and oxygen atoms in total. The number of hydrogen-bond donors (Lipinski definition) is 0. The summed E-state index contributed by atoms with van der Waals surface area (Å²) < 4.78 is 0. The van der Waals surface area contributed by atoms with Crippen LogP contribution in [0.3, 0.4) is 0 Å². The lowest BCUT2D eigenvalue weighted by Crippen LogP contribution is -2.56. The number of likely N-dealkylation sites (tertiary alicyclic amines) is 1. The zero-order valence-corrected chi connectivity index (χ0v) is 15.7. The Labute approximate surface area is 155 Å². The summed E-state index contributed by atoms with van der Waals surface area (Å²) >= 11 is 0. The molecule has 2 saturated heterocycles. The van der Waals surface area contributed by atoms with E-state index in [1.807, 2.05) is 14.7 Å². The fourth-order valence-electron chi connectivity index (χ4n) is 4.82. The molecule has 4 rings (SSSR count). The summed E-state index contributed by atoms with van der Waals surface area (Å²) in [5.74, 6) is 0.956. The van der Waals surface area contributed by atoms with E-state index in [2.05, 4.69) is 0 Å². The molecule has 0 aromatic heterocycles. The van der Waals surface area contributed by atoms with E-state index in [-0.39, 0.29) is 29.7 Å². The lowest BCUT2D eigenvalue weighted by Gasteiger charge is -2.39. The minimum atomic E-state index is -0.260. The zero-order valence-electron chi connectivity index (χ0n) is 15.7. The van der Waals surface area contributed by atoms with Gasteiger partial charge in [0.15, 0.2) is 0 Å². The highest BCUT2D eigenvalue weighted by molar-refractivity contribution is 5.90. The molecular weight excluding hydrogens is 330 g/mol. The molecule has 0 bridgehead atoms. The summed E-state index contributed by atoms with van der Waals surface area (Å²) in [5, 5.41) is 0. The van der Waals surface area contributed by atoms with Crippen LogP contribution >= 0.6 is 0 Å². The molecule has 1 atom stereocenters. The van der Waals surface area contributed by atoms with Crippen LogP contribution in [0.4, 0.5) is 0 Å². The molecule has 4 aliphatic rings. The second-order valence-electron chi connectivity index (χ2n) is 8.45. The van der Waals surface area contributed by atoms with Gasteiger partial charge in [-0.15, -0.1) is 0 Å². The average Bonchev–Trinajstić information content (AvgIpc) is 3.43. The van der Waals surface area contributed by atoms with Gasteiger partial charge in [0.25, 0.3) is 0 Å². The van der Waals surface area contributed by atoms with Gasteiger partial charge >= 0.3 is 0 Å². The van der Waals surface area contributed by atoms with Crippen LogP contribution in [0.2, 0.25) is 0 Å². The Kier molecular flexibility index (Phi) is 5.18. The maximum atomic E-state index is 13.0. The zero-order chi connectivity index (χ0) is 18.1. The first-order valence-electron chi connectivity index (χ1n) is 10.5. The van der Waals surface area contributed by atoms with Crippen LogP contribution in [-0.2, 0) is 14.4 Å². The van der Waals surface area contributed by atoms with Gasteiger partial charge in [-0.1, -0.05) is 19.3 Å². The fraction of sp³-hybridized carbons (Fsp3) is 0.850. The largest absolute Gasteiger partial charge is 0.339 e. The fourth-order valence-corrected chi connectivity index (χ4v) is 4.82. The average molecular weight is 361 g/mol. The van der Waals surface area contributed by atoms with Gasteiger partial charge in [0, 0.05) is 44.6 Å². The molecule has 0 N–H and O–H groups in total. The van der Waals surface area contributed by atoms with Crippen molar-refractivity contribution in [2.45, 2.75) is 63.8 Å². The van der Waals surface area contributed by atoms with E-state index in [9.17, 15) is 14.4 Å². The van der Waals surface area contributed by atoms with Crippen molar-refractivity contribution in [3.05, 3.63) is 0 Å². The summed E-state index contributed by atoms with van der Waals surface area (Å²) in [7, 11) is 0. The van der Waals surface area contributed by atoms with Crippen molar-refractivity contribution in [3.63, 3.8) is 0 Å². The van der Waals surface area contributed by atoms with Crippen molar-refractivity contribution in [1.82, 2.24) is 14.7 Å². The van der Waals surface area contributed by atoms with Crippen LogP contribution < -0.4 is 0 Å². The SMILES string of the molecule is O=C(C1CCCCC1)N1CCN(C(=O)C2CCCN2C(=O)C2CC2)CC1. The summed E-state index contributed by atoms with van der Waals surface area (Å²) in [4.78, 5) is 43.7. The molecule has 144 valence electrons. The van der Waals surface area contributed by atoms with Crippen LogP contribution in [-0.4, -0.2) is 71.2 Å². The van der Waals surface area contributed by atoms with Gasteiger partial charge in [0.05, 0.1) is 0 Å². The topological polar surface area (TPSA) is 60.9 Å². The minimum absolute atomic E-state index is 0.0984. The first kappa shape index (κ1) is 17.8. The van der Waals surface area contributed by atoms with E-state index < -0.39 is 0 Å². The van der Waals surface area contributed by atoms with Crippen molar-refractivity contribution < 1.29 is 14.4 Å². The Morgan fingerprint density at radius 1 is 0.538 bits per heavy atom. The van der Waals surface area contributed by atoms with Gasteiger partial charge in [-0.25, -0.2) is 0 Å². The maximum Gasteiger partial charge on any atom is 0.245 e. The highest BCUT2D eigenvalue weighted by Crippen LogP contribution is 2.34. The molecular formula is C20H31N3O3. The normalized spacial score (nSPS) is 27.7. The smallest absolute Gasteiger partial charge is 0.245 e. The van der Waals surface area contributed by atoms with E-state index in [4.69, 9.17) is 0 Å². The van der Waals surface area contributed by atoms with Gasteiger partial charge in [0.1, 0.15) is 6.04 Å². The predicted octanol–water partition coefficient (Wildman–Crippen LogP) is 1.64. The van der Waals surface area contributed by atoms with Crippen molar-refractivity contribution in [3.8, 4) is 0 Å². The number of rotatable bonds is 3.